The van der Waals surface area contributed by atoms with Crippen molar-refractivity contribution in [2.75, 3.05) is 0 Å². The zero-order valence-electron chi connectivity index (χ0n) is 20.3. The number of carbonyl (C=O) groups excluding carboxylic acids is 1. The molecule has 1 atom stereocenters. The van der Waals surface area contributed by atoms with E-state index in [1.54, 1.807) is 11.8 Å². The van der Waals surface area contributed by atoms with Crippen molar-refractivity contribution < 1.29 is 4.79 Å². The second kappa shape index (κ2) is 12.2. The van der Waals surface area contributed by atoms with Crippen molar-refractivity contribution >= 4 is 17.7 Å². The summed E-state index contributed by atoms with van der Waals surface area (Å²) in [6, 6.07) is 42.0. The number of rotatable bonds is 9. The van der Waals surface area contributed by atoms with E-state index in [0.717, 1.165) is 33.8 Å². The van der Waals surface area contributed by atoms with E-state index >= 15 is 0 Å². The molecule has 0 aliphatic heterocycles. The molecule has 0 fully saturated rings. The minimum Gasteiger partial charge on any atom is -0.345 e. The molecule has 0 spiro atoms. The third-order valence-electron chi connectivity index (χ3n) is 6.08. The number of thioether (sulfide) groups is 1. The van der Waals surface area contributed by atoms with E-state index in [4.69, 9.17) is 0 Å². The Balaban J connectivity index is 1.25. The molecular formula is C32H27N3OS. The van der Waals surface area contributed by atoms with Gasteiger partial charge in [0.15, 0.2) is 0 Å². The van der Waals surface area contributed by atoms with Crippen molar-refractivity contribution in [3.8, 4) is 11.3 Å². The van der Waals surface area contributed by atoms with Crippen molar-refractivity contribution in [1.29, 1.82) is 0 Å². The van der Waals surface area contributed by atoms with Crippen LogP contribution in [0.15, 0.2) is 132 Å². The van der Waals surface area contributed by atoms with Crippen molar-refractivity contribution in [3.63, 3.8) is 0 Å². The molecule has 0 saturated carbocycles. The van der Waals surface area contributed by atoms with Crippen molar-refractivity contribution in [2.45, 2.75) is 23.2 Å². The summed E-state index contributed by atoms with van der Waals surface area (Å²) in [5, 5.41) is 12.8. The van der Waals surface area contributed by atoms with Crippen molar-refractivity contribution in [3.05, 3.63) is 150 Å². The molecule has 5 aromatic rings. The minimum atomic E-state index is -0.118. The van der Waals surface area contributed by atoms with E-state index in [1.807, 2.05) is 103 Å². The quantitative estimate of drug-likeness (QED) is 0.218. The fourth-order valence-corrected chi connectivity index (χ4v) is 4.91. The van der Waals surface area contributed by atoms with Gasteiger partial charge >= 0.3 is 0 Å². The van der Waals surface area contributed by atoms with Crippen LogP contribution in [-0.2, 0) is 12.2 Å². The molecule has 1 heterocycles. The SMILES string of the molecule is O=C(NC(Cc1ccccc1)c1ccccc1)c1cccc(CSc2ccc(-c3ccccc3)nn2)c1. The normalized spacial score (nSPS) is 11.6. The maximum absolute atomic E-state index is 13.3. The van der Waals surface area contributed by atoms with E-state index in [2.05, 4.69) is 39.8 Å². The highest BCUT2D eigenvalue weighted by atomic mass is 32.2. The third kappa shape index (κ3) is 6.72. The van der Waals surface area contributed by atoms with Gasteiger partial charge in [0.05, 0.1) is 11.7 Å². The highest BCUT2D eigenvalue weighted by molar-refractivity contribution is 7.98. The monoisotopic (exact) mass is 501 g/mol. The summed E-state index contributed by atoms with van der Waals surface area (Å²) < 4.78 is 0. The fraction of sp³-hybridized carbons (Fsp3) is 0.0938. The van der Waals surface area contributed by atoms with E-state index in [9.17, 15) is 4.79 Å². The molecule has 0 aliphatic carbocycles. The summed E-state index contributed by atoms with van der Waals surface area (Å²) in [6.45, 7) is 0. The molecule has 1 aromatic heterocycles. The third-order valence-corrected chi connectivity index (χ3v) is 7.07. The number of nitrogens with one attached hydrogen (secondary N) is 1. The topological polar surface area (TPSA) is 54.9 Å². The number of aromatic nitrogens is 2. The summed E-state index contributed by atoms with van der Waals surface area (Å²) in [5.41, 5.74) is 5.88. The van der Waals surface area contributed by atoms with E-state index in [0.29, 0.717) is 11.3 Å². The molecule has 0 bridgehead atoms. The van der Waals surface area contributed by atoms with Crippen LogP contribution < -0.4 is 5.32 Å². The molecule has 1 N–H and O–H groups in total. The Morgan fingerprint density at radius 1 is 0.703 bits per heavy atom. The lowest BCUT2D eigenvalue weighted by atomic mass is 9.98. The van der Waals surface area contributed by atoms with Crippen LogP contribution in [0.2, 0.25) is 0 Å². The molecule has 0 saturated heterocycles. The summed E-state index contributed by atoms with van der Waals surface area (Å²) in [7, 11) is 0. The predicted molar refractivity (Wildman–Crippen MR) is 150 cm³/mol. The number of benzene rings is 4. The Hall–Kier alpha value is -4.22. The molecule has 1 unspecified atom stereocenters. The average molecular weight is 502 g/mol. The van der Waals surface area contributed by atoms with Crippen LogP contribution in [0.1, 0.15) is 33.1 Å². The molecule has 4 nitrogen and oxygen atoms in total. The van der Waals surface area contributed by atoms with Crippen molar-refractivity contribution in [2.24, 2.45) is 0 Å². The standard InChI is InChI=1S/C32H27N3OS/c36-32(33-30(27-16-8-3-9-17-27)22-24-11-4-1-5-12-24)28-18-10-13-25(21-28)23-37-31-20-19-29(34-35-31)26-14-6-2-7-15-26/h1-21,30H,22-23H2,(H,33,36). The van der Waals surface area contributed by atoms with Crippen LogP contribution in [0.4, 0.5) is 0 Å². The number of nitrogens with zero attached hydrogens (tertiary/aromatic N) is 2. The second-order valence-electron chi connectivity index (χ2n) is 8.74. The fourth-order valence-electron chi connectivity index (χ4n) is 4.15. The first kappa shape index (κ1) is 24.5. The van der Waals surface area contributed by atoms with Gasteiger partial charge in [-0.2, -0.15) is 0 Å². The first-order valence-electron chi connectivity index (χ1n) is 12.3. The molecule has 4 aromatic carbocycles. The minimum absolute atomic E-state index is 0.0800. The molecular weight excluding hydrogens is 474 g/mol. The summed E-state index contributed by atoms with van der Waals surface area (Å²) in [4.78, 5) is 13.3. The van der Waals surface area contributed by atoms with Gasteiger partial charge in [-0.3, -0.25) is 4.79 Å². The van der Waals surface area contributed by atoms with Crippen LogP contribution in [0.5, 0.6) is 0 Å². The first-order chi connectivity index (χ1) is 18.2. The van der Waals surface area contributed by atoms with Gasteiger partial charge in [0, 0.05) is 16.9 Å². The zero-order valence-corrected chi connectivity index (χ0v) is 21.1. The molecule has 5 heteroatoms. The molecule has 1 amide bonds. The summed E-state index contributed by atoms with van der Waals surface area (Å²) in [5.74, 6) is 0.621. The summed E-state index contributed by atoms with van der Waals surface area (Å²) >= 11 is 1.61. The number of hydrogen-bond acceptors (Lipinski definition) is 4. The molecule has 0 aliphatic rings. The first-order valence-corrected chi connectivity index (χ1v) is 13.2. The van der Waals surface area contributed by atoms with Crippen LogP contribution in [-0.4, -0.2) is 16.1 Å². The Morgan fingerprint density at radius 3 is 2.08 bits per heavy atom. The van der Waals surface area contributed by atoms with Gasteiger partial charge in [0.2, 0.25) is 0 Å². The van der Waals surface area contributed by atoms with Crippen LogP contribution in [0.25, 0.3) is 11.3 Å². The van der Waals surface area contributed by atoms with Gasteiger partial charge < -0.3 is 5.32 Å². The van der Waals surface area contributed by atoms with Gasteiger partial charge in [0.25, 0.3) is 5.91 Å². The Bertz CT molecular complexity index is 1430. The summed E-state index contributed by atoms with van der Waals surface area (Å²) in [6.07, 6.45) is 0.726. The Labute approximate surface area is 221 Å². The molecule has 5 rings (SSSR count). The lowest BCUT2D eigenvalue weighted by Gasteiger charge is -2.20. The maximum atomic E-state index is 13.3. The van der Waals surface area contributed by atoms with Crippen LogP contribution in [0.3, 0.4) is 0 Å². The predicted octanol–water partition coefficient (Wildman–Crippen LogP) is 7.15. The van der Waals surface area contributed by atoms with E-state index in [1.165, 1.54) is 5.56 Å². The molecule has 37 heavy (non-hydrogen) atoms. The van der Waals surface area contributed by atoms with Gasteiger partial charge in [-0.15, -0.1) is 10.2 Å². The average Bonchev–Trinajstić information content (AvgIpc) is 2.97. The van der Waals surface area contributed by atoms with E-state index in [-0.39, 0.29) is 11.9 Å². The zero-order chi connectivity index (χ0) is 25.3. The smallest absolute Gasteiger partial charge is 0.251 e. The highest BCUT2D eigenvalue weighted by Gasteiger charge is 2.17. The maximum Gasteiger partial charge on any atom is 0.251 e. The molecule has 182 valence electrons. The van der Waals surface area contributed by atoms with Gasteiger partial charge in [-0.05, 0) is 47.4 Å². The Kier molecular flexibility index (Phi) is 8.04. The lowest BCUT2D eigenvalue weighted by Crippen LogP contribution is -2.30. The van der Waals surface area contributed by atoms with Crippen LogP contribution in [0, 0.1) is 0 Å². The molecule has 0 radical (unpaired) electrons. The largest absolute Gasteiger partial charge is 0.345 e. The Morgan fingerprint density at radius 2 is 1.38 bits per heavy atom. The van der Waals surface area contributed by atoms with Gasteiger partial charge in [-0.1, -0.05) is 115 Å². The number of hydrogen-bond donors (Lipinski definition) is 1. The van der Waals surface area contributed by atoms with Gasteiger partial charge in [-0.25, -0.2) is 0 Å². The highest BCUT2D eigenvalue weighted by Crippen LogP contribution is 2.24. The van der Waals surface area contributed by atoms with E-state index < -0.39 is 0 Å². The van der Waals surface area contributed by atoms with Crippen LogP contribution >= 0.6 is 11.8 Å². The second-order valence-corrected chi connectivity index (χ2v) is 9.73. The number of amides is 1. The lowest BCUT2D eigenvalue weighted by molar-refractivity contribution is 0.0936. The van der Waals surface area contributed by atoms with Gasteiger partial charge in [0.1, 0.15) is 5.03 Å². The van der Waals surface area contributed by atoms with Crippen molar-refractivity contribution in [1.82, 2.24) is 15.5 Å². The number of carbonyl (C=O) groups is 1.